The van der Waals surface area contributed by atoms with Gasteiger partial charge in [-0.15, -0.1) is 0 Å². The molecule has 2 aromatic carbocycles. The van der Waals surface area contributed by atoms with Crippen molar-refractivity contribution < 1.29 is 0 Å². The Balaban J connectivity index is 1.11. The summed E-state index contributed by atoms with van der Waals surface area (Å²) >= 11 is 0. The zero-order valence-electron chi connectivity index (χ0n) is 29.4. The lowest BCUT2D eigenvalue weighted by Crippen LogP contribution is -2.24. The van der Waals surface area contributed by atoms with Crippen LogP contribution in [0.4, 0.5) is 0 Å². The van der Waals surface area contributed by atoms with Crippen molar-refractivity contribution in [2.75, 3.05) is 0 Å². The van der Waals surface area contributed by atoms with E-state index < -0.39 is 0 Å². The van der Waals surface area contributed by atoms with Gasteiger partial charge < -0.3 is 0 Å². The van der Waals surface area contributed by atoms with Crippen LogP contribution in [-0.2, 0) is 12.8 Å². The van der Waals surface area contributed by atoms with Crippen molar-refractivity contribution in [1.29, 1.82) is 0 Å². The summed E-state index contributed by atoms with van der Waals surface area (Å²) in [6.07, 6.45) is 42.3. The third kappa shape index (κ3) is 12.5. The molecule has 2 saturated carbocycles. The summed E-state index contributed by atoms with van der Waals surface area (Å²) in [6.45, 7) is 0. The van der Waals surface area contributed by atoms with E-state index in [9.17, 15) is 0 Å². The molecule has 6 aliphatic rings. The lowest BCUT2D eigenvalue weighted by atomic mass is 9.68. The van der Waals surface area contributed by atoms with E-state index in [-0.39, 0.29) is 0 Å². The maximum Gasteiger partial charge on any atom is -0.0162 e. The molecule has 0 N–H and O–H groups in total. The Hall–Kier alpha value is -1.56. The Morgan fingerprint density at radius 2 is 0.756 bits per heavy atom. The molecule has 0 aliphatic heterocycles. The van der Waals surface area contributed by atoms with Gasteiger partial charge in [-0.3, -0.25) is 0 Å². The van der Waals surface area contributed by atoms with E-state index >= 15 is 0 Å². The standard InChI is InChI=1S/C45H70/c1-7-19-39-27-31-41(32-28-39)21-9-4-15-35-45(37-17-6-18-38-45)36-16-5-10-22-42-33-29-40(30-34-42)20-8-2-12-24-43(23-11-1)44-25-13-3-14-26-44/h3,13-14,25-28,31-32,40,42-43H,1-2,4-12,15-24,29-30,33-38H2/t40?,42?,43-/m0/s1. The van der Waals surface area contributed by atoms with E-state index in [1.54, 1.807) is 16.7 Å². The molecule has 0 heteroatoms. The van der Waals surface area contributed by atoms with Crippen molar-refractivity contribution in [1.82, 2.24) is 0 Å². The molecule has 2 aromatic rings. The summed E-state index contributed by atoms with van der Waals surface area (Å²) in [6, 6.07) is 21.2. The molecule has 4 bridgehead atoms. The van der Waals surface area contributed by atoms with Crippen LogP contribution in [0.25, 0.3) is 0 Å². The van der Waals surface area contributed by atoms with Gasteiger partial charge in [0.15, 0.2) is 0 Å². The van der Waals surface area contributed by atoms with E-state index in [1.165, 1.54) is 186 Å². The van der Waals surface area contributed by atoms with Crippen molar-refractivity contribution in [2.45, 2.75) is 192 Å². The fourth-order valence-electron chi connectivity index (χ4n) is 9.82. The summed E-state index contributed by atoms with van der Waals surface area (Å²) < 4.78 is 0. The summed E-state index contributed by atoms with van der Waals surface area (Å²) in [5.74, 6) is 2.84. The fourth-order valence-corrected chi connectivity index (χ4v) is 9.82. The van der Waals surface area contributed by atoms with Gasteiger partial charge in [0.25, 0.3) is 0 Å². The topological polar surface area (TPSA) is 0 Å². The lowest BCUT2D eigenvalue weighted by Gasteiger charge is -2.38. The zero-order valence-corrected chi connectivity index (χ0v) is 29.4. The van der Waals surface area contributed by atoms with Crippen molar-refractivity contribution in [3.05, 3.63) is 71.3 Å². The molecule has 250 valence electrons. The third-order valence-electron chi connectivity index (χ3n) is 12.8. The molecular weight excluding hydrogens is 540 g/mol. The van der Waals surface area contributed by atoms with Gasteiger partial charge >= 0.3 is 0 Å². The Bertz CT molecular complexity index is 1000. The lowest BCUT2D eigenvalue weighted by molar-refractivity contribution is 0.146. The van der Waals surface area contributed by atoms with Crippen molar-refractivity contribution >= 4 is 0 Å². The van der Waals surface area contributed by atoms with Crippen LogP contribution < -0.4 is 0 Å². The molecule has 1 atom stereocenters. The highest BCUT2D eigenvalue weighted by molar-refractivity contribution is 5.23. The van der Waals surface area contributed by atoms with Gasteiger partial charge in [-0.25, -0.2) is 0 Å². The molecule has 0 aromatic heterocycles. The summed E-state index contributed by atoms with van der Waals surface area (Å²) in [7, 11) is 0. The molecule has 8 rings (SSSR count). The molecule has 0 radical (unpaired) electrons. The SMILES string of the molecule is c1ccc([C@H]2CCCCCc3ccc(cc3)CCCCCC3(CCCCCC4CCC(CCCCC2)CC4)CCCCC3)cc1. The highest BCUT2D eigenvalue weighted by Crippen LogP contribution is 2.45. The molecule has 45 heavy (non-hydrogen) atoms. The van der Waals surface area contributed by atoms with E-state index in [1.807, 2.05) is 0 Å². The molecule has 0 saturated heterocycles. The average Bonchev–Trinajstić information content (AvgIpc) is 3.08. The Morgan fingerprint density at radius 1 is 0.356 bits per heavy atom. The van der Waals surface area contributed by atoms with Crippen molar-refractivity contribution in [3.63, 3.8) is 0 Å². The van der Waals surface area contributed by atoms with Crippen LogP contribution >= 0.6 is 0 Å². The minimum Gasteiger partial charge on any atom is -0.0622 e. The smallest absolute Gasteiger partial charge is 0.0162 e. The van der Waals surface area contributed by atoms with Crippen LogP contribution in [0, 0.1) is 17.3 Å². The highest BCUT2D eigenvalue weighted by atomic mass is 14.4. The van der Waals surface area contributed by atoms with E-state index in [0.29, 0.717) is 5.41 Å². The monoisotopic (exact) mass is 611 g/mol. The largest absolute Gasteiger partial charge is 0.0622 e. The molecule has 2 fully saturated rings. The number of benzene rings is 2. The molecule has 0 unspecified atom stereocenters. The Kier molecular flexibility index (Phi) is 15.4. The number of aryl methyl sites for hydroxylation is 2. The molecular formula is C45H70. The predicted octanol–water partition coefficient (Wildman–Crippen LogP) is 14.3. The maximum absolute atomic E-state index is 2.44. The summed E-state index contributed by atoms with van der Waals surface area (Å²) in [5.41, 5.74) is 5.41. The molecule has 1 spiro atoms. The first-order valence-corrected chi connectivity index (χ1v) is 20.4. The van der Waals surface area contributed by atoms with Crippen LogP contribution in [0.3, 0.4) is 0 Å². The first-order chi connectivity index (χ1) is 22.3. The third-order valence-corrected chi connectivity index (χ3v) is 12.8. The normalized spacial score (nSPS) is 27.6. The van der Waals surface area contributed by atoms with Gasteiger partial charge in [0.1, 0.15) is 0 Å². The summed E-state index contributed by atoms with van der Waals surface area (Å²) in [4.78, 5) is 0. The Morgan fingerprint density at radius 3 is 1.27 bits per heavy atom. The fraction of sp³-hybridized carbons (Fsp3) is 0.733. The van der Waals surface area contributed by atoms with Crippen LogP contribution in [0.5, 0.6) is 0 Å². The molecule has 0 amide bonds. The predicted molar refractivity (Wildman–Crippen MR) is 197 cm³/mol. The second-order valence-corrected chi connectivity index (χ2v) is 16.3. The maximum atomic E-state index is 2.44. The van der Waals surface area contributed by atoms with Crippen LogP contribution in [-0.4, -0.2) is 0 Å². The van der Waals surface area contributed by atoms with Crippen molar-refractivity contribution in [3.8, 4) is 0 Å². The quantitative estimate of drug-likeness (QED) is 0.301. The zero-order chi connectivity index (χ0) is 30.8. The molecule has 0 heterocycles. The van der Waals surface area contributed by atoms with Gasteiger partial charge in [0.2, 0.25) is 0 Å². The minimum absolute atomic E-state index is 0.709. The highest BCUT2D eigenvalue weighted by Gasteiger charge is 2.30. The van der Waals surface area contributed by atoms with Gasteiger partial charge in [0, 0.05) is 0 Å². The van der Waals surface area contributed by atoms with Gasteiger partial charge in [0.05, 0.1) is 0 Å². The first kappa shape index (κ1) is 34.8. The van der Waals surface area contributed by atoms with E-state index in [2.05, 4.69) is 54.6 Å². The van der Waals surface area contributed by atoms with Crippen LogP contribution in [0.1, 0.15) is 196 Å². The molecule has 0 nitrogen and oxygen atoms in total. The second kappa shape index (κ2) is 20.0. The van der Waals surface area contributed by atoms with Gasteiger partial charge in [-0.1, -0.05) is 177 Å². The first-order valence-electron chi connectivity index (χ1n) is 20.4. The van der Waals surface area contributed by atoms with Gasteiger partial charge in [-0.2, -0.15) is 0 Å². The number of hydrogen-bond donors (Lipinski definition) is 0. The Labute approximate surface area is 280 Å². The van der Waals surface area contributed by atoms with Crippen molar-refractivity contribution in [2.24, 2.45) is 17.3 Å². The van der Waals surface area contributed by atoms with E-state index in [4.69, 9.17) is 0 Å². The van der Waals surface area contributed by atoms with Gasteiger partial charge in [-0.05, 0) is 104 Å². The van der Waals surface area contributed by atoms with Crippen LogP contribution in [0.2, 0.25) is 0 Å². The summed E-state index contributed by atoms with van der Waals surface area (Å²) in [5, 5.41) is 0. The van der Waals surface area contributed by atoms with Crippen LogP contribution in [0.15, 0.2) is 54.6 Å². The molecule has 6 aliphatic carbocycles. The minimum atomic E-state index is 0.709. The number of hydrogen-bond acceptors (Lipinski definition) is 0. The number of rotatable bonds is 1. The average molecular weight is 611 g/mol. The van der Waals surface area contributed by atoms with E-state index in [0.717, 1.165) is 17.8 Å². The second-order valence-electron chi connectivity index (χ2n) is 16.3.